The van der Waals surface area contributed by atoms with Crippen LogP contribution in [0.3, 0.4) is 0 Å². The number of ether oxygens (including phenoxy) is 2. The van der Waals surface area contributed by atoms with Gasteiger partial charge in [0.05, 0.1) is 18.5 Å². The Kier molecular flexibility index (Phi) is 7.07. The molecule has 3 heteroatoms. The van der Waals surface area contributed by atoms with E-state index in [-0.39, 0.29) is 0 Å². The average Bonchev–Trinajstić information content (AvgIpc) is 2.77. The molecular weight excluding hydrogens is 346 g/mol. The van der Waals surface area contributed by atoms with E-state index in [0.29, 0.717) is 12.5 Å². The lowest BCUT2D eigenvalue weighted by molar-refractivity contribution is 0.256. The Hall–Kier alpha value is -2.81. The molecule has 1 atom stereocenters. The van der Waals surface area contributed by atoms with Crippen LogP contribution < -0.4 is 9.47 Å². The average molecular weight is 376 g/mol. The monoisotopic (exact) mass is 375 g/mol. The Labute approximate surface area is 168 Å². The second-order valence-corrected chi connectivity index (χ2v) is 7.19. The summed E-state index contributed by atoms with van der Waals surface area (Å²) in [5.41, 5.74) is 4.49. The van der Waals surface area contributed by atoms with Crippen molar-refractivity contribution in [2.45, 2.75) is 40.2 Å². The zero-order valence-corrected chi connectivity index (χ0v) is 17.0. The Balaban J connectivity index is 1.55. The summed E-state index contributed by atoms with van der Waals surface area (Å²) in [4.78, 5) is 4.54. The molecule has 0 bridgehead atoms. The normalized spacial score (nSPS) is 11.8. The van der Waals surface area contributed by atoms with E-state index in [4.69, 9.17) is 9.47 Å². The summed E-state index contributed by atoms with van der Waals surface area (Å²) in [6.07, 6.45) is 3.96. The number of hydrogen-bond donors (Lipinski definition) is 0. The highest BCUT2D eigenvalue weighted by molar-refractivity contribution is 5.59. The number of pyridine rings is 1. The second-order valence-electron chi connectivity index (χ2n) is 7.19. The molecule has 3 aromatic rings. The predicted octanol–water partition coefficient (Wildman–Crippen LogP) is 6.31. The molecule has 0 aliphatic carbocycles. The molecule has 0 N–H and O–H groups in total. The number of aryl methyl sites for hydroxylation is 1. The summed E-state index contributed by atoms with van der Waals surface area (Å²) in [7, 11) is 0. The van der Waals surface area contributed by atoms with Gasteiger partial charge in [0.25, 0.3) is 0 Å². The first-order chi connectivity index (χ1) is 13.7. The van der Waals surface area contributed by atoms with Crippen molar-refractivity contribution in [1.82, 2.24) is 4.98 Å². The third kappa shape index (κ3) is 5.59. The first-order valence-electron chi connectivity index (χ1n) is 10.1. The van der Waals surface area contributed by atoms with Gasteiger partial charge in [0, 0.05) is 5.56 Å². The van der Waals surface area contributed by atoms with Crippen LogP contribution >= 0.6 is 0 Å². The summed E-state index contributed by atoms with van der Waals surface area (Å²) < 4.78 is 11.7. The molecule has 1 unspecified atom stereocenters. The van der Waals surface area contributed by atoms with Gasteiger partial charge >= 0.3 is 0 Å². The van der Waals surface area contributed by atoms with Crippen molar-refractivity contribution < 1.29 is 9.47 Å². The second kappa shape index (κ2) is 9.93. The smallest absolute Gasteiger partial charge is 0.137 e. The van der Waals surface area contributed by atoms with Gasteiger partial charge in [-0.2, -0.15) is 0 Å². The number of rotatable bonds is 9. The molecule has 0 saturated heterocycles. The summed E-state index contributed by atoms with van der Waals surface area (Å²) >= 11 is 0. The lowest BCUT2D eigenvalue weighted by atomic mass is 10.1. The van der Waals surface area contributed by atoms with Gasteiger partial charge in [-0.3, -0.25) is 4.98 Å². The van der Waals surface area contributed by atoms with E-state index in [1.807, 2.05) is 24.3 Å². The maximum absolute atomic E-state index is 5.88. The van der Waals surface area contributed by atoms with Gasteiger partial charge in [-0.1, -0.05) is 63.6 Å². The highest BCUT2D eigenvalue weighted by atomic mass is 16.5. The minimum Gasteiger partial charge on any atom is -0.492 e. The van der Waals surface area contributed by atoms with Gasteiger partial charge in [-0.25, -0.2) is 0 Å². The minimum atomic E-state index is 0.555. The topological polar surface area (TPSA) is 31.4 Å². The maximum atomic E-state index is 5.88. The van der Waals surface area contributed by atoms with Crippen LogP contribution in [0, 0.1) is 5.92 Å². The lowest BCUT2D eigenvalue weighted by Crippen LogP contribution is -2.07. The van der Waals surface area contributed by atoms with Crippen LogP contribution in [0.4, 0.5) is 0 Å². The Morgan fingerprint density at radius 2 is 1.46 bits per heavy atom. The van der Waals surface area contributed by atoms with Crippen molar-refractivity contribution in [2.75, 3.05) is 6.61 Å². The molecule has 0 amide bonds. The van der Waals surface area contributed by atoms with Crippen molar-refractivity contribution in [3.63, 3.8) is 0 Å². The fraction of sp³-hybridized carbons (Fsp3) is 0.320. The van der Waals surface area contributed by atoms with Crippen LogP contribution in [-0.4, -0.2) is 11.6 Å². The van der Waals surface area contributed by atoms with E-state index in [0.717, 1.165) is 47.8 Å². The van der Waals surface area contributed by atoms with Gasteiger partial charge in [0.2, 0.25) is 0 Å². The molecule has 3 nitrogen and oxygen atoms in total. The summed E-state index contributed by atoms with van der Waals surface area (Å²) in [6, 6.07) is 20.6. The first kappa shape index (κ1) is 19.9. The highest BCUT2D eigenvalue weighted by Crippen LogP contribution is 2.21. The van der Waals surface area contributed by atoms with Crippen LogP contribution in [0.15, 0.2) is 66.9 Å². The van der Waals surface area contributed by atoms with Gasteiger partial charge < -0.3 is 9.47 Å². The van der Waals surface area contributed by atoms with Crippen LogP contribution in [-0.2, 0) is 13.0 Å². The molecule has 1 aromatic heterocycles. The van der Waals surface area contributed by atoms with Crippen LogP contribution in [0.5, 0.6) is 11.5 Å². The SMILES string of the molecule is CCc1ccc(OCc2ccc(-c3ccc(OCC(C)CC)cn3)cc2)cc1. The summed E-state index contributed by atoms with van der Waals surface area (Å²) in [6.45, 7) is 7.80. The van der Waals surface area contributed by atoms with Gasteiger partial charge in [0.1, 0.15) is 18.1 Å². The van der Waals surface area contributed by atoms with Gasteiger partial charge in [0.15, 0.2) is 0 Å². The number of aromatic nitrogens is 1. The Morgan fingerprint density at radius 3 is 2.07 bits per heavy atom. The van der Waals surface area contributed by atoms with Crippen molar-refractivity contribution in [3.05, 3.63) is 78.0 Å². The quantitative estimate of drug-likeness (QED) is 0.439. The highest BCUT2D eigenvalue weighted by Gasteiger charge is 2.04. The first-order valence-corrected chi connectivity index (χ1v) is 10.1. The van der Waals surface area contributed by atoms with E-state index in [1.165, 1.54) is 5.56 Å². The Morgan fingerprint density at radius 1 is 0.786 bits per heavy atom. The van der Waals surface area contributed by atoms with E-state index in [2.05, 4.69) is 62.2 Å². The number of nitrogens with zero attached hydrogens (tertiary/aromatic N) is 1. The molecule has 0 aliphatic heterocycles. The van der Waals surface area contributed by atoms with E-state index >= 15 is 0 Å². The van der Waals surface area contributed by atoms with E-state index in [9.17, 15) is 0 Å². The minimum absolute atomic E-state index is 0.555. The molecule has 146 valence electrons. The third-order valence-corrected chi connectivity index (χ3v) is 4.95. The van der Waals surface area contributed by atoms with Crippen molar-refractivity contribution >= 4 is 0 Å². The lowest BCUT2D eigenvalue weighted by Gasteiger charge is -2.11. The zero-order valence-electron chi connectivity index (χ0n) is 17.0. The summed E-state index contributed by atoms with van der Waals surface area (Å²) in [5, 5.41) is 0. The Bertz CT molecular complexity index is 839. The van der Waals surface area contributed by atoms with Crippen molar-refractivity contribution in [2.24, 2.45) is 5.92 Å². The molecule has 3 rings (SSSR count). The molecule has 0 saturated carbocycles. The molecule has 0 radical (unpaired) electrons. The van der Waals surface area contributed by atoms with E-state index < -0.39 is 0 Å². The van der Waals surface area contributed by atoms with Crippen LogP contribution in [0.2, 0.25) is 0 Å². The molecule has 0 aliphatic rings. The van der Waals surface area contributed by atoms with Crippen molar-refractivity contribution in [1.29, 1.82) is 0 Å². The summed E-state index contributed by atoms with van der Waals surface area (Å²) in [5.74, 6) is 2.28. The molecule has 0 fully saturated rings. The van der Waals surface area contributed by atoms with Crippen LogP contribution in [0.1, 0.15) is 38.3 Å². The zero-order chi connectivity index (χ0) is 19.8. The third-order valence-electron chi connectivity index (χ3n) is 4.95. The van der Waals surface area contributed by atoms with Crippen molar-refractivity contribution in [3.8, 4) is 22.8 Å². The van der Waals surface area contributed by atoms with Gasteiger partial charge in [-0.15, -0.1) is 0 Å². The standard InChI is InChI=1S/C25H29NO2/c1-4-19(3)17-27-24-14-15-25(26-16-24)22-10-6-21(7-11-22)18-28-23-12-8-20(5-2)9-13-23/h6-16,19H,4-5,17-18H2,1-3H3. The van der Waals surface area contributed by atoms with Crippen LogP contribution in [0.25, 0.3) is 11.3 Å². The molecule has 0 spiro atoms. The molecule has 1 heterocycles. The molecule has 2 aromatic carbocycles. The maximum Gasteiger partial charge on any atom is 0.137 e. The molecule has 28 heavy (non-hydrogen) atoms. The largest absolute Gasteiger partial charge is 0.492 e. The van der Waals surface area contributed by atoms with E-state index in [1.54, 1.807) is 6.20 Å². The fourth-order valence-electron chi connectivity index (χ4n) is 2.75. The fourth-order valence-corrected chi connectivity index (χ4v) is 2.75. The number of benzene rings is 2. The molecular formula is C25H29NO2. The number of hydrogen-bond acceptors (Lipinski definition) is 3. The predicted molar refractivity (Wildman–Crippen MR) is 115 cm³/mol. The van der Waals surface area contributed by atoms with Gasteiger partial charge in [-0.05, 0) is 47.7 Å².